The summed E-state index contributed by atoms with van der Waals surface area (Å²) in [5, 5.41) is 8.09. The van der Waals surface area contributed by atoms with E-state index in [4.69, 9.17) is 4.74 Å². The highest BCUT2D eigenvalue weighted by Gasteiger charge is 2.41. The van der Waals surface area contributed by atoms with Crippen LogP contribution in [-0.2, 0) is 5.41 Å². The van der Waals surface area contributed by atoms with Gasteiger partial charge in [0, 0.05) is 16.5 Å². The molecule has 1 aliphatic rings. The minimum Gasteiger partial charge on any atom is -0.457 e. The Balaban J connectivity index is 1.46. The zero-order valence-electron chi connectivity index (χ0n) is 23.8. The molecule has 6 aromatic rings. The first-order valence-corrected chi connectivity index (χ1v) is 17.1. The van der Waals surface area contributed by atoms with Gasteiger partial charge >= 0.3 is 0 Å². The summed E-state index contributed by atoms with van der Waals surface area (Å²) in [5.41, 5.74) is 2.30. The molecule has 1 aliphatic heterocycles. The van der Waals surface area contributed by atoms with Crippen molar-refractivity contribution in [1.29, 1.82) is 0 Å². The molecule has 0 radical (unpaired) electrons. The Hall–Kier alpha value is -4.02. The standard InChI is InChI=1S/C39H32OP2/c1-39(2)37-33(25-15-27-35(37)41(29-17-7-3-8-18-29)30-19-9-4-10-20-30)40-34-26-16-28-36(38(34)39)42(31-21-11-5-12-22-31)32-23-13-6-14-24-32/h3-28H,1-2H3. The van der Waals surface area contributed by atoms with Crippen molar-refractivity contribution in [2.75, 3.05) is 0 Å². The molecule has 0 spiro atoms. The van der Waals surface area contributed by atoms with E-state index >= 15 is 0 Å². The van der Waals surface area contributed by atoms with Crippen LogP contribution in [0.4, 0.5) is 0 Å². The van der Waals surface area contributed by atoms with Crippen LogP contribution in [0.1, 0.15) is 25.0 Å². The molecule has 1 heterocycles. The van der Waals surface area contributed by atoms with Crippen molar-refractivity contribution >= 4 is 47.7 Å². The fourth-order valence-electron chi connectivity index (χ4n) is 6.24. The van der Waals surface area contributed by atoms with E-state index in [0.717, 1.165) is 11.5 Å². The molecular weight excluding hydrogens is 546 g/mol. The third-order valence-electron chi connectivity index (χ3n) is 8.02. The molecule has 0 fully saturated rings. The van der Waals surface area contributed by atoms with Crippen LogP contribution in [0.15, 0.2) is 158 Å². The molecule has 7 rings (SSSR count). The summed E-state index contributed by atoms with van der Waals surface area (Å²) in [7, 11) is -1.59. The van der Waals surface area contributed by atoms with E-state index in [1.54, 1.807) is 0 Å². The van der Waals surface area contributed by atoms with E-state index in [1.165, 1.54) is 43.0 Å². The van der Waals surface area contributed by atoms with Crippen molar-refractivity contribution in [2.24, 2.45) is 0 Å². The van der Waals surface area contributed by atoms with Crippen molar-refractivity contribution in [3.05, 3.63) is 169 Å². The zero-order chi connectivity index (χ0) is 28.5. The summed E-state index contributed by atoms with van der Waals surface area (Å²) in [6.07, 6.45) is 0. The average molecular weight is 579 g/mol. The Kier molecular flexibility index (Phi) is 7.25. The predicted molar refractivity (Wildman–Crippen MR) is 182 cm³/mol. The summed E-state index contributed by atoms with van der Waals surface area (Å²) in [6.45, 7) is 4.79. The summed E-state index contributed by atoms with van der Waals surface area (Å²) in [6, 6.07) is 57.2. The minimum absolute atomic E-state index is 0.287. The lowest BCUT2D eigenvalue weighted by atomic mass is 9.75. The van der Waals surface area contributed by atoms with Gasteiger partial charge in [-0.2, -0.15) is 0 Å². The van der Waals surface area contributed by atoms with Crippen LogP contribution < -0.4 is 36.6 Å². The fourth-order valence-corrected chi connectivity index (χ4v) is 11.5. The molecule has 0 N–H and O–H groups in total. The Morgan fingerprint density at radius 3 is 1.00 bits per heavy atom. The van der Waals surface area contributed by atoms with Crippen molar-refractivity contribution in [3.8, 4) is 11.5 Å². The normalized spacial score (nSPS) is 13.3. The van der Waals surface area contributed by atoms with Gasteiger partial charge in [0.1, 0.15) is 11.5 Å². The van der Waals surface area contributed by atoms with Crippen molar-refractivity contribution in [2.45, 2.75) is 19.3 Å². The zero-order valence-corrected chi connectivity index (χ0v) is 25.6. The molecule has 0 atom stereocenters. The van der Waals surface area contributed by atoms with E-state index in [-0.39, 0.29) is 5.41 Å². The summed E-state index contributed by atoms with van der Waals surface area (Å²) >= 11 is 0. The van der Waals surface area contributed by atoms with Crippen molar-refractivity contribution < 1.29 is 4.74 Å². The molecule has 204 valence electrons. The second-order valence-electron chi connectivity index (χ2n) is 11.0. The van der Waals surface area contributed by atoms with Crippen LogP contribution in [0.2, 0.25) is 0 Å². The van der Waals surface area contributed by atoms with Gasteiger partial charge in [-0.25, -0.2) is 0 Å². The average Bonchev–Trinajstić information content (AvgIpc) is 3.03. The van der Waals surface area contributed by atoms with Gasteiger partial charge in [-0.3, -0.25) is 0 Å². The highest BCUT2D eigenvalue weighted by molar-refractivity contribution is 7.80. The number of benzene rings is 6. The molecule has 0 unspecified atom stereocenters. The molecule has 6 aromatic carbocycles. The lowest BCUT2D eigenvalue weighted by Crippen LogP contribution is -2.38. The predicted octanol–water partition coefficient (Wildman–Crippen LogP) is 7.63. The molecular formula is C39H32OP2. The molecule has 42 heavy (non-hydrogen) atoms. The van der Waals surface area contributed by atoms with Crippen LogP contribution in [0.5, 0.6) is 11.5 Å². The lowest BCUT2D eigenvalue weighted by molar-refractivity contribution is 0.421. The molecule has 0 saturated carbocycles. The topological polar surface area (TPSA) is 9.23 Å². The molecule has 0 aliphatic carbocycles. The molecule has 0 saturated heterocycles. The Morgan fingerprint density at radius 2 is 0.690 bits per heavy atom. The molecule has 1 nitrogen and oxygen atoms in total. The number of rotatable bonds is 6. The number of ether oxygens (including phenoxy) is 1. The maximum Gasteiger partial charge on any atom is 0.132 e. The number of fused-ring (bicyclic) bond motifs is 2. The Bertz CT molecular complexity index is 1600. The van der Waals surface area contributed by atoms with Crippen LogP contribution in [0.25, 0.3) is 0 Å². The van der Waals surface area contributed by atoms with Crippen molar-refractivity contribution in [1.82, 2.24) is 0 Å². The van der Waals surface area contributed by atoms with Gasteiger partial charge in [0.2, 0.25) is 0 Å². The monoisotopic (exact) mass is 578 g/mol. The summed E-state index contributed by atoms with van der Waals surface area (Å²) in [5.74, 6) is 1.93. The van der Waals surface area contributed by atoms with Crippen molar-refractivity contribution in [3.63, 3.8) is 0 Å². The SMILES string of the molecule is CC1(C)c2c(cccc2P(c2ccccc2)c2ccccc2)Oc2cccc(P(c3ccccc3)c3ccccc3)c21. The van der Waals surface area contributed by atoms with E-state index in [9.17, 15) is 0 Å². The van der Waals surface area contributed by atoms with E-state index in [1.807, 2.05) is 0 Å². The van der Waals surface area contributed by atoms with Crippen LogP contribution in [0.3, 0.4) is 0 Å². The molecule has 0 bridgehead atoms. The van der Waals surface area contributed by atoms with E-state index < -0.39 is 15.8 Å². The smallest absolute Gasteiger partial charge is 0.132 e. The molecule has 0 amide bonds. The van der Waals surface area contributed by atoms with Gasteiger partial charge in [0.05, 0.1) is 0 Å². The van der Waals surface area contributed by atoms with Crippen LogP contribution in [0, 0.1) is 0 Å². The third-order valence-corrected chi connectivity index (χ3v) is 13.0. The van der Waals surface area contributed by atoms with Crippen LogP contribution in [-0.4, -0.2) is 0 Å². The van der Waals surface area contributed by atoms with Gasteiger partial charge < -0.3 is 4.74 Å². The Morgan fingerprint density at radius 1 is 0.381 bits per heavy atom. The quantitative estimate of drug-likeness (QED) is 0.185. The highest BCUT2D eigenvalue weighted by atomic mass is 31.1. The maximum absolute atomic E-state index is 6.86. The lowest BCUT2D eigenvalue weighted by Gasteiger charge is -2.40. The Labute approximate surface area is 251 Å². The largest absolute Gasteiger partial charge is 0.457 e. The van der Waals surface area contributed by atoms with E-state index in [2.05, 4.69) is 172 Å². The fraction of sp³-hybridized carbons (Fsp3) is 0.0769. The minimum atomic E-state index is -0.796. The second-order valence-corrected chi connectivity index (χ2v) is 15.4. The molecule has 3 heteroatoms. The van der Waals surface area contributed by atoms with Gasteiger partial charge in [-0.1, -0.05) is 159 Å². The van der Waals surface area contributed by atoms with E-state index in [0.29, 0.717) is 0 Å². The number of hydrogen-bond donors (Lipinski definition) is 0. The summed E-state index contributed by atoms with van der Waals surface area (Å²) < 4.78 is 6.86. The summed E-state index contributed by atoms with van der Waals surface area (Å²) in [4.78, 5) is 0. The first kappa shape index (κ1) is 26.9. The first-order chi connectivity index (χ1) is 20.6. The van der Waals surface area contributed by atoms with Crippen LogP contribution >= 0.6 is 15.8 Å². The maximum atomic E-state index is 6.86. The third kappa shape index (κ3) is 4.78. The highest BCUT2D eigenvalue weighted by Crippen LogP contribution is 2.52. The second kappa shape index (κ2) is 11.3. The first-order valence-electron chi connectivity index (χ1n) is 14.4. The van der Waals surface area contributed by atoms with Gasteiger partial charge in [0.15, 0.2) is 0 Å². The number of hydrogen-bond acceptors (Lipinski definition) is 1. The van der Waals surface area contributed by atoms with Gasteiger partial charge in [-0.05, 0) is 59.8 Å². The van der Waals surface area contributed by atoms with Gasteiger partial charge in [-0.15, -0.1) is 0 Å². The molecule has 0 aromatic heterocycles. The van der Waals surface area contributed by atoms with Gasteiger partial charge in [0.25, 0.3) is 0 Å².